The van der Waals surface area contributed by atoms with Gasteiger partial charge in [-0.3, -0.25) is 0 Å². The van der Waals surface area contributed by atoms with Crippen LogP contribution in [0.4, 0.5) is 11.5 Å². The highest BCUT2D eigenvalue weighted by Crippen LogP contribution is 2.22. The zero-order valence-electron chi connectivity index (χ0n) is 8.02. The molecule has 0 saturated heterocycles. The molecule has 0 aliphatic heterocycles. The first-order valence-electron chi connectivity index (χ1n) is 4.43. The van der Waals surface area contributed by atoms with Crippen molar-refractivity contribution in [3.63, 3.8) is 0 Å². The van der Waals surface area contributed by atoms with Gasteiger partial charge >= 0.3 is 0 Å². The van der Waals surface area contributed by atoms with E-state index >= 15 is 0 Å². The van der Waals surface area contributed by atoms with Gasteiger partial charge < -0.3 is 21.3 Å². The highest BCUT2D eigenvalue weighted by molar-refractivity contribution is 6.32. The molecule has 0 aliphatic carbocycles. The molecular weight excluding hydrogens is 220 g/mol. The van der Waals surface area contributed by atoms with Gasteiger partial charge in [-0.15, -0.1) is 0 Å². The Morgan fingerprint density at radius 1 is 1.47 bits per heavy atom. The van der Waals surface area contributed by atoms with Gasteiger partial charge in [0.15, 0.2) is 11.0 Å². The summed E-state index contributed by atoms with van der Waals surface area (Å²) in [5, 5.41) is 20.7. The van der Waals surface area contributed by atoms with Gasteiger partial charge in [-0.1, -0.05) is 11.6 Å². The van der Waals surface area contributed by atoms with E-state index in [4.69, 9.17) is 27.5 Å². The third-order valence-corrected chi connectivity index (χ3v) is 2.18. The molecule has 1 heterocycles. The SMILES string of the molecule is Nc1c(Cl)ncnc1NC(CO)CCO. The van der Waals surface area contributed by atoms with E-state index in [-0.39, 0.29) is 30.1 Å². The second-order valence-electron chi connectivity index (χ2n) is 2.96. The van der Waals surface area contributed by atoms with Crippen molar-refractivity contribution in [2.24, 2.45) is 0 Å². The summed E-state index contributed by atoms with van der Waals surface area (Å²) in [6.07, 6.45) is 1.67. The monoisotopic (exact) mass is 232 g/mol. The van der Waals surface area contributed by atoms with Gasteiger partial charge in [0.1, 0.15) is 12.0 Å². The lowest BCUT2D eigenvalue weighted by Crippen LogP contribution is -2.26. The van der Waals surface area contributed by atoms with Crippen molar-refractivity contribution < 1.29 is 10.2 Å². The van der Waals surface area contributed by atoms with Crippen molar-refractivity contribution in [1.29, 1.82) is 0 Å². The molecule has 1 aromatic rings. The van der Waals surface area contributed by atoms with Crippen LogP contribution in [0.5, 0.6) is 0 Å². The van der Waals surface area contributed by atoms with Crippen LogP contribution in [-0.2, 0) is 0 Å². The number of aromatic nitrogens is 2. The molecule has 6 nitrogen and oxygen atoms in total. The second-order valence-corrected chi connectivity index (χ2v) is 3.32. The quantitative estimate of drug-likeness (QED) is 0.527. The summed E-state index contributed by atoms with van der Waals surface area (Å²) in [6, 6.07) is -0.303. The first-order valence-corrected chi connectivity index (χ1v) is 4.81. The van der Waals surface area contributed by atoms with Gasteiger partial charge in [-0.25, -0.2) is 9.97 Å². The minimum absolute atomic E-state index is 0.0308. The van der Waals surface area contributed by atoms with Crippen LogP contribution >= 0.6 is 11.6 Å². The van der Waals surface area contributed by atoms with E-state index in [0.29, 0.717) is 12.2 Å². The largest absolute Gasteiger partial charge is 0.396 e. The number of aliphatic hydroxyl groups excluding tert-OH is 2. The van der Waals surface area contributed by atoms with Crippen LogP contribution in [0.1, 0.15) is 6.42 Å². The molecule has 84 valence electrons. The Hall–Kier alpha value is -1.11. The number of halogens is 1. The van der Waals surface area contributed by atoms with Gasteiger partial charge in [-0.2, -0.15) is 0 Å². The van der Waals surface area contributed by atoms with Crippen LogP contribution in [0.2, 0.25) is 5.15 Å². The highest BCUT2D eigenvalue weighted by Gasteiger charge is 2.11. The number of rotatable bonds is 5. The fourth-order valence-electron chi connectivity index (χ4n) is 1.05. The van der Waals surface area contributed by atoms with E-state index in [2.05, 4.69) is 15.3 Å². The minimum atomic E-state index is -0.303. The number of nitrogens with zero attached hydrogens (tertiary/aromatic N) is 2. The van der Waals surface area contributed by atoms with Crippen LogP contribution < -0.4 is 11.1 Å². The van der Waals surface area contributed by atoms with E-state index in [1.54, 1.807) is 0 Å². The van der Waals surface area contributed by atoms with Gasteiger partial charge in [0.05, 0.1) is 12.6 Å². The lowest BCUT2D eigenvalue weighted by atomic mass is 10.2. The average Bonchev–Trinajstić information content (AvgIpc) is 2.24. The smallest absolute Gasteiger partial charge is 0.157 e. The predicted molar refractivity (Wildman–Crippen MR) is 57.7 cm³/mol. The first-order chi connectivity index (χ1) is 7.19. The summed E-state index contributed by atoms with van der Waals surface area (Å²) in [4.78, 5) is 7.58. The standard InChI is InChI=1S/C8H13ClN4O2/c9-7-6(10)8(12-4-11-7)13-5(3-15)1-2-14/h4-5,14-15H,1-3,10H2,(H,11,12,13). The summed E-state index contributed by atoms with van der Waals surface area (Å²) in [5.41, 5.74) is 5.85. The summed E-state index contributed by atoms with van der Waals surface area (Å²) in [6.45, 7) is -0.154. The lowest BCUT2D eigenvalue weighted by molar-refractivity contribution is 0.228. The van der Waals surface area contributed by atoms with Gasteiger partial charge in [0.25, 0.3) is 0 Å². The van der Waals surface area contributed by atoms with Crippen molar-refractivity contribution in [2.45, 2.75) is 12.5 Å². The van der Waals surface area contributed by atoms with Crippen LogP contribution in [0.25, 0.3) is 0 Å². The molecule has 1 rings (SSSR count). The van der Waals surface area contributed by atoms with Gasteiger partial charge in [-0.05, 0) is 6.42 Å². The number of hydrogen-bond acceptors (Lipinski definition) is 6. The number of hydrogen-bond donors (Lipinski definition) is 4. The van der Waals surface area contributed by atoms with Gasteiger partial charge in [0.2, 0.25) is 0 Å². The Morgan fingerprint density at radius 3 is 2.80 bits per heavy atom. The van der Waals surface area contributed by atoms with E-state index in [1.165, 1.54) is 6.33 Å². The summed E-state index contributed by atoms with van der Waals surface area (Å²) in [5.74, 6) is 0.363. The second kappa shape index (κ2) is 5.69. The van der Waals surface area contributed by atoms with Gasteiger partial charge in [0, 0.05) is 6.61 Å². The Kier molecular flexibility index (Phi) is 4.54. The summed E-state index contributed by atoms with van der Waals surface area (Å²) < 4.78 is 0. The maximum absolute atomic E-state index is 8.99. The van der Waals surface area contributed by atoms with Crippen LogP contribution in [-0.4, -0.2) is 39.4 Å². The maximum atomic E-state index is 8.99. The zero-order valence-corrected chi connectivity index (χ0v) is 8.78. The third kappa shape index (κ3) is 3.19. The minimum Gasteiger partial charge on any atom is -0.396 e. The van der Waals surface area contributed by atoms with Crippen molar-refractivity contribution in [2.75, 3.05) is 24.3 Å². The predicted octanol–water partition coefficient (Wildman–Crippen LogP) is -0.133. The number of nitrogens with two attached hydrogens (primary N) is 1. The number of anilines is 2. The fourth-order valence-corrected chi connectivity index (χ4v) is 1.18. The number of nitrogens with one attached hydrogen (secondary N) is 1. The summed E-state index contributed by atoms with van der Waals surface area (Å²) >= 11 is 5.69. The molecule has 7 heteroatoms. The van der Waals surface area contributed by atoms with Crippen molar-refractivity contribution >= 4 is 23.1 Å². The Morgan fingerprint density at radius 2 is 2.20 bits per heavy atom. The number of nitrogen functional groups attached to an aromatic ring is 1. The molecule has 15 heavy (non-hydrogen) atoms. The fraction of sp³-hybridized carbons (Fsp3) is 0.500. The van der Waals surface area contributed by atoms with Crippen molar-refractivity contribution in [3.8, 4) is 0 Å². The molecule has 5 N–H and O–H groups in total. The van der Waals surface area contributed by atoms with Crippen molar-refractivity contribution in [1.82, 2.24) is 9.97 Å². The Labute approximate surface area is 92.1 Å². The van der Waals surface area contributed by atoms with E-state index < -0.39 is 0 Å². The average molecular weight is 233 g/mol. The first kappa shape index (κ1) is 12.0. The normalized spacial score (nSPS) is 12.5. The summed E-state index contributed by atoms with van der Waals surface area (Å²) in [7, 11) is 0. The molecule has 1 unspecified atom stereocenters. The van der Waals surface area contributed by atoms with Crippen molar-refractivity contribution in [3.05, 3.63) is 11.5 Å². The van der Waals surface area contributed by atoms with E-state index in [9.17, 15) is 0 Å². The van der Waals surface area contributed by atoms with E-state index in [0.717, 1.165) is 0 Å². The van der Waals surface area contributed by atoms with E-state index in [1.807, 2.05) is 0 Å². The Balaban J connectivity index is 2.74. The number of aliphatic hydroxyl groups is 2. The molecule has 0 radical (unpaired) electrons. The van der Waals surface area contributed by atoms with Crippen LogP contribution in [0.3, 0.4) is 0 Å². The molecule has 0 spiro atoms. The topological polar surface area (TPSA) is 104 Å². The van der Waals surface area contributed by atoms with Crippen LogP contribution in [0.15, 0.2) is 6.33 Å². The zero-order chi connectivity index (χ0) is 11.3. The molecule has 0 aromatic carbocycles. The van der Waals surface area contributed by atoms with Crippen LogP contribution in [0, 0.1) is 0 Å². The lowest BCUT2D eigenvalue weighted by Gasteiger charge is -2.16. The highest BCUT2D eigenvalue weighted by atomic mass is 35.5. The molecule has 0 saturated carbocycles. The molecular formula is C8H13ClN4O2. The molecule has 1 atom stereocenters. The molecule has 0 fully saturated rings. The third-order valence-electron chi connectivity index (χ3n) is 1.87. The maximum Gasteiger partial charge on any atom is 0.157 e. The molecule has 0 aliphatic rings. The Bertz CT molecular complexity index is 324. The molecule has 0 amide bonds. The molecule has 0 bridgehead atoms. The molecule has 1 aromatic heterocycles.